The standard InChI is InChI=1S/C17H30N4.HI/c1-6-18-17(20(3)4)19-13-12-15(2)21(5)14-16-10-8-7-9-11-16;/h7-11,15H,6,12-14H2,1-5H3,(H,18,19);1H. The second-order valence-corrected chi connectivity index (χ2v) is 5.67. The smallest absolute Gasteiger partial charge is 0.193 e. The number of rotatable bonds is 7. The van der Waals surface area contributed by atoms with Crippen LogP contribution in [0.15, 0.2) is 35.3 Å². The first-order valence-electron chi connectivity index (χ1n) is 7.74. The van der Waals surface area contributed by atoms with Crippen molar-refractivity contribution in [1.29, 1.82) is 0 Å². The minimum Gasteiger partial charge on any atom is -0.357 e. The number of guanidine groups is 1. The van der Waals surface area contributed by atoms with Crippen LogP contribution in [0.3, 0.4) is 0 Å². The summed E-state index contributed by atoms with van der Waals surface area (Å²) in [4.78, 5) is 9.06. The molecule has 1 aromatic carbocycles. The molecule has 1 N–H and O–H groups in total. The van der Waals surface area contributed by atoms with Gasteiger partial charge in [0.05, 0.1) is 0 Å². The lowest BCUT2D eigenvalue weighted by Crippen LogP contribution is -2.36. The highest BCUT2D eigenvalue weighted by molar-refractivity contribution is 14.0. The molecule has 22 heavy (non-hydrogen) atoms. The summed E-state index contributed by atoms with van der Waals surface area (Å²) in [6.07, 6.45) is 1.06. The van der Waals surface area contributed by atoms with E-state index in [1.807, 2.05) is 19.0 Å². The molecule has 0 amide bonds. The van der Waals surface area contributed by atoms with Crippen LogP contribution < -0.4 is 5.32 Å². The van der Waals surface area contributed by atoms with Gasteiger partial charge < -0.3 is 10.2 Å². The number of hydrogen-bond donors (Lipinski definition) is 1. The number of nitrogens with one attached hydrogen (secondary N) is 1. The maximum atomic E-state index is 4.65. The molecule has 0 aliphatic heterocycles. The molecule has 0 bridgehead atoms. The molecule has 0 aliphatic rings. The molecule has 1 rings (SSSR count). The van der Waals surface area contributed by atoms with Gasteiger partial charge in [-0.05, 0) is 32.9 Å². The molecule has 0 saturated heterocycles. The second kappa shape index (κ2) is 11.7. The van der Waals surface area contributed by atoms with E-state index in [1.165, 1.54) is 5.56 Å². The van der Waals surface area contributed by atoms with Crippen molar-refractivity contribution in [3.63, 3.8) is 0 Å². The highest BCUT2D eigenvalue weighted by atomic mass is 127. The van der Waals surface area contributed by atoms with E-state index in [0.717, 1.165) is 32.0 Å². The molecule has 126 valence electrons. The van der Waals surface area contributed by atoms with E-state index in [0.29, 0.717) is 6.04 Å². The van der Waals surface area contributed by atoms with Gasteiger partial charge >= 0.3 is 0 Å². The molecule has 1 aromatic rings. The van der Waals surface area contributed by atoms with Gasteiger partial charge in [0.1, 0.15) is 0 Å². The number of halogens is 1. The molecule has 0 aliphatic carbocycles. The zero-order valence-corrected chi connectivity index (χ0v) is 16.9. The van der Waals surface area contributed by atoms with Crippen LogP contribution in [-0.4, -0.2) is 56.0 Å². The lowest BCUT2D eigenvalue weighted by Gasteiger charge is -2.24. The quantitative estimate of drug-likeness (QED) is 0.420. The Morgan fingerprint density at radius 2 is 1.82 bits per heavy atom. The van der Waals surface area contributed by atoms with E-state index in [2.05, 4.69) is 66.4 Å². The van der Waals surface area contributed by atoms with Crippen molar-refractivity contribution in [3.05, 3.63) is 35.9 Å². The highest BCUT2D eigenvalue weighted by Gasteiger charge is 2.09. The predicted octanol–water partition coefficient (Wildman–Crippen LogP) is 3.04. The molecule has 0 fully saturated rings. The minimum atomic E-state index is 0. The zero-order chi connectivity index (χ0) is 15.7. The van der Waals surface area contributed by atoms with Crippen LogP contribution in [0, 0.1) is 0 Å². The van der Waals surface area contributed by atoms with Crippen molar-refractivity contribution in [3.8, 4) is 0 Å². The zero-order valence-electron chi connectivity index (χ0n) is 14.5. The summed E-state index contributed by atoms with van der Waals surface area (Å²) in [7, 11) is 6.22. The Balaban J connectivity index is 0.00000441. The SMILES string of the molecule is CCNC(=NCCC(C)N(C)Cc1ccccc1)N(C)C.I. The Morgan fingerprint density at radius 1 is 1.18 bits per heavy atom. The first-order valence-corrected chi connectivity index (χ1v) is 7.74. The van der Waals surface area contributed by atoms with Crippen molar-refractivity contribution < 1.29 is 0 Å². The third-order valence-electron chi connectivity index (χ3n) is 3.59. The Labute approximate surface area is 153 Å². The Bertz CT molecular complexity index is 420. The fraction of sp³-hybridized carbons (Fsp3) is 0.588. The van der Waals surface area contributed by atoms with Crippen LogP contribution in [0.1, 0.15) is 25.8 Å². The molecule has 5 heteroatoms. The van der Waals surface area contributed by atoms with Gasteiger partial charge in [0.15, 0.2) is 5.96 Å². The van der Waals surface area contributed by atoms with Gasteiger partial charge in [0.2, 0.25) is 0 Å². The summed E-state index contributed by atoms with van der Waals surface area (Å²) in [6, 6.07) is 11.1. The molecule has 0 spiro atoms. The fourth-order valence-corrected chi connectivity index (χ4v) is 2.12. The topological polar surface area (TPSA) is 30.9 Å². The maximum absolute atomic E-state index is 4.65. The van der Waals surface area contributed by atoms with Gasteiger partial charge in [-0.25, -0.2) is 0 Å². The Morgan fingerprint density at radius 3 is 2.36 bits per heavy atom. The van der Waals surface area contributed by atoms with Gasteiger partial charge in [-0.3, -0.25) is 9.89 Å². The van der Waals surface area contributed by atoms with Gasteiger partial charge in [-0.15, -0.1) is 24.0 Å². The summed E-state index contributed by atoms with van der Waals surface area (Å²) < 4.78 is 0. The molecular formula is C17H31IN4. The van der Waals surface area contributed by atoms with E-state index >= 15 is 0 Å². The molecule has 4 nitrogen and oxygen atoms in total. The van der Waals surface area contributed by atoms with Gasteiger partial charge in [-0.1, -0.05) is 30.3 Å². The van der Waals surface area contributed by atoms with Crippen LogP contribution in [0.4, 0.5) is 0 Å². The molecule has 1 atom stereocenters. The van der Waals surface area contributed by atoms with Gasteiger partial charge in [-0.2, -0.15) is 0 Å². The van der Waals surface area contributed by atoms with E-state index < -0.39 is 0 Å². The number of benzene rings is 1. The second-order valence-electron chi connectivity index (χ2n) is 5.67. The number of aliphatic imine (C=N–C) groups is 1. The van der Waals surface area contributed by atoms with Crippen LogP contribution in [-0.2, 0) is 6.54 Å². The van der Waals surface area contributed by atoms with E-state index in [9.17, 15) is 0 Å². The summed E-state index contributed by atoms with van der Waals surface area (Å²) in [6.45, 7) is 7.09. The van der Waals surface area contributed by atoms with E-state index in [4.69, 9.17) is 0 Å². The normalized spacial score (nSPS) is 12.7. The lowest BCUT2D eigenvalue weighted by atomic mass is 10.1. The minimum absolute atomic E-state index is 0. The van der Waals surface area contributed by atoms with Crippen LogP contribution >= 0.6 is 24.0 Å². The lowest BCUT2D eigenvalue weighted by molar-refractivity contribution is 0.240. The van der Waals surface area contributed by atoms with Crippen LogP contribution in [0.25, 0.3) is 0 Å². The summed E-state index contributed by atoms with van der Waals surface area (Å²) in [5.41, 5.74) is 1.36. The highest BCUT2D eigenvalue weighted by Crippen LogP contribution is 2.08. The van der Waals surface area contributed by atoms with Crippen molar-refractivity contribution in [1.82, 2.24) is 15.1 Å². The number of nitrogens with zero attached hydrogens (tertiary/aromatic N) is 3. The molecule has 0 aromatic heterocycles. The largest absolute Gasteiger partial charge is 0.357 e. The van der Waals surface area contributed by atoms with Crippen LogP contribution in [0.5, 0.6) is 0 Å². The third-order valence-corrected chi connectivity index (χ3v) is 3.59. The van der Waals surface area contributed by atoms with Crippen molar-refractivity contribution >= 4 is 29.9 Å². The maximum Gasteiger partial charge on any atom is 0.193 e. The van der Waals surface area contributed by atoms with Crippen LogP contribution in [0.2, 0.25) is 0 Å². The molecular weight excluding hydrogens is 387 g/mol. The van der Waals surface area contributed by atoms with Gasteiger partial charge in [0, 0.05) is 39.8 Å². The Kier molecular flexibility index (Phi) is 11.3. The predicted molar refractivity (Wildman–Crippen MR) is 107 cm³/mol. The van der Waals surface area contributed by atoms with E-state index in [-0.39, 0.29) is 24.0 Å². The third kappa shape index (κ3) is 7.98. The van der Waals surface area contributed by atoms with Crippen molar-refractivity contribution in [2.45, 2.75) is 32.9 Å². The monoisotopic (exact) mass is 418 g/mol. The van der Waals surface area contributed by atoms with E-state index in [1.54, 1.807) is 0 Å². The molecule has 0 saturated carbocycles. The van der Waals surface area contributed by atoms with Crippen molar-refractivity contribution in [2.75, 3.05) is 34.2 Å². The molecule has 0 radical (unpaired) electrons. The summed E-state index contributed by atoms with van der Waals surface area (Å²) in [5.74, 6) is 0.968. The summed E-state index contributed by atoms with van der Waals surface area (Å²) >= 11 is 0. The first kappa shape index (κ1) is 21.2. The first-order chi connectivity index (χ1) is 10.0. The fourth-order valence-electron chi connectivity index (χ4n) is 2.12. The number of hydrogen-bond acceptors (Lipinski definition) is 2. The average Bonchev–Trinajstić information content (AvgIpc) is 2.47. The van der Waals surface area contributed by atoms with Gasteiger partial charge in [0.25, 0.3) is 0 Å². The molecule has 0 heterocycles. The Hall–Kier alpha value is -0.820. The summed E-state index contributed by atoms with van der Waals surface area (Å²) in [5, 5.41) is 3.29. The van der Waals surface area contributed by atoms with Crippen molar-refractivity contribution in [2.24, 2.45) is 4.99 Å². The molecule has 1 unspecified atom stereocenters. The average molecular weight is 418 g/mol.